The molecule has 0 saturated carbocycles. The summed E-state index contributed by atoms with van der Waals surface area (Å²) in [5.41, 5.74) is 1.35. The molecular weight excluding hydrogens is 330 g/mol. The molecule has 2 aromatic rings. The number of carbonyl (C=O) groups excluding carboxylic acids is 2. The summed E-state index contributed by atoms with van der Waals surface area (Å²) >= 11 is 5.97. The Labute approximate surface area is 144 Å². The van der Waals surface area contributed by atoms with Crippen molar-refractivity contribution in [2.75, 3.05) is 13.1 Å². The zero-order valence-corrected chi connectivity index (χ0v) is 14.0. The van der Waals surface area contributed by atoms with Crippen molar-refractivity contribution in [1.82, 2.24) is 15.2 Å². The number of halogens is 1. The van der Waals surface area contributed by atoms with Crippen LogP contribution in [0, 0.1) is 6.92 Å². The third-order valence-corrected chi connectivity index (χ3v) is 4.30. The third-order valence-electron chi connectivity index (χ3n) is 4.07. The van der Waals surface area contributed by atoms with E-state index in [0.29, 0.717) is 30.3 Å². The zero-order chi connectivity index (χ0) is 17.1. The lowest BCUT2D eigenvalue weighted by Crippen LogP contribution is -2.37. The maximum atomic E-state index is 12.1. The van der Waals surface area contributed by atoms with Crippen LogP contribution in [0.25, 0.3) is 0 Å². The average molecular weight is 348 g/mol. The molecule has 1 saturated heterocycles. The van der Waals surface area contributed by atoms with Gasteiger partial charge in [-0.15, -0.1) is 0 Å². The van der Waals surface area contributed by atoms with Gasteiger partial charge in [0, 0.05) is 24.5 Å². The van der Waals surface area contributed by atoms with E-state index in [4.69, 9.17) is 16.0 Å². The average Bonchev–Trinajstić information content (AvgIpc) is 3.11. The van der Waals surface area contributed by atoms with Gasteiger partial charge >= 0.3 is 0 Å². The van der Waals surface area contributed by atoms with Crippen molar-refractivity contribution in [3.63, 3.8) is 0 Å². The fourth-order valence-electron chi connectivity index (χ4n) is 2.82. The molecule has 2 heterocycles. The maximum absolute atomic E-state index is 12.1. The van der Waals surface area contributed by atoms with Crippen LogP contribution in [0.4, 0.5) is 0 Å². The highest BCUT2D eigenvalue weighted by molar-refractivity contribution is 6.30. The third kappa shape index (κ3) is 3.76. The van der Waals surface area contributed by atoms with Gasteiger partial charge in [-0.1, -0.05) is 23.7 Å². The van der Waals surface area contributed by atoms with Crippen LogP contribution < -0.4 is 5.32 Å². The maximum Gasteiger partial charge on any atom is 0.273 e. The molecule has 1 atom stereocenters. The summed E-state index contributed by atoms with van der Waals surface area (Å²) in [4.78, 5) is 29.9. The van der Waals surface area contributed by atoms with Gasteiger partial charge in [0.2, 0.25) is 5.91 Å². The normalized spacial score (nSPS) is 17.3. The SMILES string of the molecule is Cc1ocnc1C(=O)N[C@H]1CC(=O)N(CCc2cccc(Cl)c2)C1. The van der Waals surface area contributed by atoms with Crippen LogP contribution in [0.1, 0.15) is 28.2 Å². The molecule has 2 amide bonds. The van der Waals surface area contributed by atoms with Crippen LogP contribution in [-0.2, 0) is 11.2 Å². The van der Waals surface area contributed by atoms with E-state index in [-0.39, 0.29) is 23.6 Å². The molecule has 0 bridgehead atoms. The summed E-state index contributed by atoms with van der Waals surface area (Å²) in [7, 11) is 0. The number of hydrogen-bond acceptors (Lipinski definition) is 4. The molecule has 0 radical (unpaired) electrons. The second kappa shape index (κ2) is 7.05. The molecule has 0 spiro atoms. The lowest BCUT2D eigenvalue weighted by atomic mass is 10.1. The molecule has 1 aromatic heterocycles. The van der Waals surface area contributed by atoms with E-state index in [9.17, 15) is 9.59 Å². The molecule has 0 unspecified atom stereocenters. The second-order valence-electron chi connectivity index (χ2n) is 5.85. The number of aryl methyl sites for hydroxylation is 1. The standard InChI is InChI=1S/C17H18ClN3O3/c1-11-16(19-10-24-11)17(23)20-14-8-15(22)21(9-14)6-5-12-3-2-4-13(18)7-12/h2-4,7,10,14H,5-6,8-9H2,1H3,(H,20,23)/t14-/m0/s1. The first-order valence-electron chi connectivity index (χ1n) is 7.76. The molecule has 1 fully saturated rings. The Bertz CT molecular complexity index is 759. The van der Waals surface area contributed by atoms with Crippen molar-refractivity contribution in [2.24, 2.45) is 0 Å². The number of aromatic nitrogens is 1. The number of nitrogens with one attached hydrogen (secondary N) is 1. The zero-order valence-electron chi connectivity index (χ0n) is 13.3. The number of benzene rings is 1. The lowest BCUT2D eigenvalue weighted by molar-refractivity contribution is -0.127. The Kier molecular flexibility index (Phi) is 4.85. The Morgan fingerprint density at radius 3 is 3.04 bits per heavy atom. The van der Waals surface area contributed by atoms with Crippen LogP contribution in [-0.4, -0.2) is 40.8 Å². The number of likely N-dealkylation sites (tertiary alicyclic amines) is 1. The van der Waals surface area contributed by atoms with Crippen LogP contribution in [0.5, 0.6) is 0 Å². The van der Waals surface area contributed by atoms with Gasteiger partial charge in [-0.3, -0.25) is 9.59 Å². The lowest BCUT2D eigenvalue weighted by Gasteiger charge is -2.17. The first kappa shape index (κ1) is 16.5. The van der Waals surface area contributed by atoms with Crippen LogP contribution in [0.2, 0.25) is 5.02 Å². The smallest absolute Gasteiger partial charge is 0.273 e. The highest BCUT2D eigenvalue weighted by Crippen LogP contribution is 2.15. The minimum Gasteiger partial charge on any atom is -0.448 e. The topological polar surface area (TPSA) is 75.4 Å². The molecule has 1 aliphatic rings. The second-order valence-corrected chi connectivity index (χ2v) is 6.29. The van der Waals surface area contributed by atoms with E-state index in [1.165, 1.54) is 6.39 Å². The van der Waals surface area contributed by atoms with E-state index in [2.05, 4.69) is 10.3 Å². The molecule has 0 aliphatic carbocycles. The first-order chi connectivity index (χ1) is 11.5. The van der Waals surface area contributed by atoms with Crippen molar-refractivity contribution in [1.29, 1.82) is 0 Å². The van der Waals surface area contributed by atoms with Gasteiger partial charge in [0.15, 0.2) is 12.1 Å². The van der Waals surface area contributed by atoms with E-state index in [0.717, 1.165) is 12.0 Å². The monoisotopic (exact) mass is 347 g/mol. The molecule has 6 nitrogen and oxygen atoms in total. The van der Waals surface area contributed by atoms with Crippen molar-refractivity contribution in [2.45, 2.75) is 25.8 Å². The highest BCUT2D eigenvalue weighted by Gasteiger charge is 2.31. The number of oxazole rings is 1. The van der Waals surface area contributed by atoms with Crippen molar-refractivity contribution in [3.05, 3.63) is 52.7 Å². The van der Waals surface area contributed by atoms with Gasteiger partial charge in [-0.05, 0) is 31.0 Å². The molecule has 1 aromatic carbocycles. The Morgan fingerprint density at radius 2 is 2.33 bits per heavy atom. The van der Waals surface area contributed by atoms with E-state index in [1.54, 1.807) is 11.8 Å². The number of nitrogens with zero attached hydrogens (tertiary/aromatic N) is 2. The molecule has 1 aliphatic heterocycles. The summed E-state index contributed by atoms with van der Waals surface area (Å²) in [5, 5.41) is 3.53. The van der Waals surface area contributed by atoms with Gasteiger partial charge < -0.3 is 14.6 Å². The molecular formula is C17H18ClN3O3. The molecule has 126 valence electrons. The first-order valence-corrected chi connectivity index (χ1v) is 8.14. The summed E-state index contributed by atoms with van der Waals surface area (Å²) in [6, 6.07) is 7.39. The van der Waals surface area contributed by atoms with E-state index < -0.39 is 0 Å². The highest BCUT2D eigenvalue weighted by atomic mass is 35.5. The van der Waals surface area contributed by atoms with Crippen LogP contribution >= 0.6 is 11.6 Å². The molecule has 1 N–H and O–H groups in total. The fourth-order valence-corrected chi connectivity index (χ4v) is 3.03. The molecule has 24 heavy (non-hydrogen) atoms. The van der Waals surface area contributed by atoms with Gasteiger partial charge in [-0.2, -0.15) is 0 Å². The van der Waals surface area contributed by atoms with Gasteiger partial charge in [-0.25, -0.2) is 4.98 Å². The molecule has 3 rings (SSSR count). The minimum absolute atomic E-state index is 0.0409. The Morgan fingerprint density at radius 1 is 1.50 bits per heavy atom. The van der Waals surface area contributed by atoms with Crippen LogP contribution in [0.15, 0.2) is 35.1 Å². The summed E-state index contributed by atoms with van der Waals surface area (Å²) < 4.78 is 5.03. The number of hydrogen-bond donors (Lipinski definition) is 1. The van der Waals surface area contributed by atoms with Crippen molar-refractivity contribution < 1.29 is 14.0 Å². The molecule has 7 heteroatoms. The van der Waals surface area contributed by atoms with Crippen molar-refractivity contribution >= 4 is 23.4 Å². The number of amides is 2. The summed E-state index contributed by atoms with van der Waals surface area (Å²) in [5.74, 6) is 0.199. The number of carbonyl (C=O) groups is 2. The van der Waals surface area contributed by atoms with Gasteiger partial charge in [0.1, 0.15) is 5.76 Å². The Balaban J connectivity index is 1.54. The largest absolute Gasteiger partial charge is 0.448 e. The quantitative estimate of drug-likeness (QED) is 0.899. The fraction of sp³-hybridized carbons (Fsp3) is 0.353. The van der Waals surface area contributed by atoms with Crippen LogP contribution in [0.3, 0.4) is 0 Å². The Hall–Kier alpha value is -2.34. The van der Waals surface area contributed by atoms with E-state index >= 15 is 0 Å². The number of rotatable bonds is 5. The minimum atomic E-state index is -0.309. The van der Waals surface area contributed by atoms with E-state index in [1.807, 2.05) is 24.3 Å². The predicted molar refractivity (Wildman–Crippen MR) is 88.8 cm³/mol. The predicted octanol–water partition coefficient (Wildman–Crippen LogP) is 2.21. The summed E-state index contributed by atoms with van der Waals surface area (Å²) in [6.45, 7) is 2.79. The van der Waals surface area contributed by atoms with Crippen molar-refractivity contribution in [3.8, 4) is 0 Å². The summed E-state index contributed by atoms with van der Waals surface area (Å²) in [6.07, 6.45) is 2.27. The van der Waals surface area contributed by atoms with Gasteiger partial charge in [0.05, 0.1) is 6.04 Å². The van der Waals surface area contributed by atoms with Gasteiger partial charge in [0.25, 0.3) is 5.91 Å².